The number of nitrogens with one attached hydrogen (secondary N) is 2. The number of anilines is 2. The van der Waals surface area contributed by atoms with Crippen molar-refractivity contribution < 1.29 is 75.2 Å². The summed E-state index contributed by atoms with van der Waals surface area (Å²) in [7, 11) is -14.3. The molecule has 328 valence electrons. The van der Waals surface area contributed by atoms with Crippen molar-refractivity contribution in [2.75, 3.05) is 71.3 Å². The average Bonchev–Trinajstić information content (AvgIpc) is 3.95. The first-order chi connectivity index (χ1) is 28.0. The Balaban J connectivity index is 1.21. The molecule has 0 saturated carbocycles. The first-order valence-electron chi connectivity index (χ1n) is 17.8. The molecule has 0 spiro atoms. The van der Waals surface area contributed by atoms with Gasteiger partial charge >= 0.3 is 0 Å². The molecule has 2 aliphatic heterocycles. The van der Waals surface area contributed by atoms with Crippen LogP contribution in [0.3, 0.4) is 0 Å². The second-order valence-electron chi connectivity index (χ2n) is 13.3. The fraction of sp³-hybridized carbons (Fsp3) is 0.621. The predicted octanol–water partition coefficient (Wildman–Crippen LogP) is -2.39. The summed E-state index contributed by atoms with van der Waals surface area (Å²) in [5.74, 6) is -0.983. The predicted molar refractivity (Wildman–Crippen MR) is 194 cm³/mol. The first kappa shape index (κ1) is 45.2. The monoisotopic (exact) mass is 895 g/mol. The lowest BCUT2D eigenvalue weighted by molar-refractivity contribution is -0.237. The van der Waals surface area contributed by atoms with Crippen LogP contribution in [0.5, 0.6) is 0 Å². The van der Waals surface area contributed by atoms with Gasteiger partial charge in [-0.25, -0.2) is 15.0 Å². The number of aromatic amines is 2. The summed E-state index contributed by atoms with van der Waals surface area (Å²) in [5, 5.41) is 18.1. The number of aliphatic hydroxyl groups is 2. The maximum absolute atomic E-state index is 13.5. The molecule has 3 unspecified atom stereocenters. The largest absolute Gasteiger partial charge is 0.756 e. The number of aliphatic hydroxyl groups excluding tert-OH is 2. The Morgan fingerprint density at radius 2 is 1.61 bits per heavy atom. The third-order valence-electron chi connectivity index (χ3n) is 9.17. The average molecular weight is 896 g/mol. The van der Waals surface area contributed by atoms with Gasteiger partial charge in [0.15, 0.2) is 23.2 Å². The van der Waals surface area contributed by atoms with Gasteiger partial charge in [0.2, 0.25) is 5.95 Å². The standard InChI is InChI=1S/C29H45N10O17P3/c1-49-24-23(56-58(45,46)51-7-3-5-41)19(54-28(24)39-15-35-22-26(39)36-29(31)37-27(22)42)13-53-59(47,48)55-18-11-38(9-16-8-32-21-20(16)33-14-34-25(21)30)10-17(18)12-52-57(43,44)50-6-2-4-40/h8,14-15,17-19,23-24,28,32,40-41H,2-7,9-13H2,1H3,(H,43,44)(H,45,46)(H,47,48)(H2,30,33,34)(H3,31,36,37,42)/p-3/t17-,18+,19-,23-,24-,28-/m1/s1. The number of rotatable bonds is 22. The molecule has 0 bridgehead atoms. The maximum Gasteiger partial charge on any atom is 0.280 e. The SMILES string of the molecule is CO[C@@H]1[C@H](OP(=O)([O-])OCCCO)[C@@H](COP(=O)([O-])O[C@H]2CN(Cc3c[nH]c4c(N)ncnc34)C[C@@H]2COP(=O)([O-])OCCCO)O[C@H]1n1cnc2c(=O)[nH]c(N)nc21. The number of phosphoric ester groups is 3. The van der Waals surface area contributed by atoms with Gasteiger partial charge in [-0.15, -0.1) is 0 Å². The van der Waals surface area contributed by atoms with E-state index in [9.17, 15) is 33.2 Å². The summed E-state index contributed by atoms with van der Waals surface area (Å²) in [5.41, 5.74) is 12.4. The van der Waals surface area contributed by atoms with E-state index in [1.807, 2.05) is 0 Å². The van der Waals surface area contributed by atoms with Gasteiger partial charge in [0, 0.05) is 57.6 Å². The normalized spacial score (nSPS) is 25.7. The van der Waals surface area contributed by atoms with Gasteiger partial charge < -0.3 is 78.0 Å². The molecule has 2 saturated heterocycles. The quantitative estimate of drug-likeness (QED) is 0.0354. The van der Waals surface area contributed by atoms with Crippen molar-refractivity contribution >= 4 is 57.4 Å². The van der Waals surface area contributed by atoms with Gasteiger partial charge in [0.1, 0.15) is 30.2 Å². The summed E-state index contributed by atoms with van der Waals surface area (Å²) < 4.78 is 82.4. The summed E-state index contributed by atoms with van der Waals surface area (Å²) in [4.78, 5) is 74.7. The molecule has 59 heavy (non-hydrogen) atoms. The van der Waals surface area contributed by atoms with Crippen molar-refractivity contribution in [2.24, 2.45) is 5.92 Å². The smallest absolute Gasteiger partial charge is 0.280 e. The lowest BCUT2D eigenvalue weighted by Crippen LogP contribution is -2.38. The van der Waals surface area contributed by atoms with Gasteiger partial charge in [0.25, 0.3) is 29.0 Å². The number of phosphoric acid groups is 3. The van der Waals surface area contributed by atoms with Crippen LogP contribution in [0.15, 0.2) is 23.6 Å². The van der Waals surface area contributed by atoms with E-state index in [-0.39, 0.29) is 75.2 Å². The van der Waals surface area contributed by atoms with Crippen LogP contribution in [0.25, 0.3) is 22.2 Å². The van der Waals surface area contributed by atoms with Crippen LogP contribution in [0.2, 0.25) is 0 Å². The first-order valence-corrected chi connectivity index (χ1v) is 22.2. The number of hydrogen-bond donors (Lipinski definition) is 6. The Hall–Kier alpha value is -3.30. The minimum Gasteiger partial charge on any atom is -0.756 e. The molecule has 6 heterocycles. The third kappa shape index (κ3) is 11.2. The van der Waals surface area contributed by atoms with Crippen LogP contribution in [0, 0.1) is 5.92 Å². The minimum atomic E-state index is -5.38. The van der Waals surface area contributed by atoms with Crippen molar-refractivity contribution in [3.63, 3.8) is 0 Å². The lowest BCUT2D eigenvalue weighted by atomic mass is 10.1. The highest BCUT2D eigenvalue weighted by Gasteiger charge is 2.50. The Labute approximate surface area is 333 Å². The topological polar surface area (TPSA) is 395 Å². The van der Waals surface area contributed by atoms with Crippen LogP contribution in [-0.2, 0) is 56.9 Å². The Bertz CT molecular complexity index is 2260. The Morgan fingerprint density at radius 3 is 2.32 bits per heavy atom. The van der Waals surface area contributed by atoms with Crippen LogP contribution >= 0.6 is 23.5 Å². The molecule has 9 atom stereocenters. The van der Waals surface area contributed by atoms with Gasteiger partial charge in [-0.1, -0.05) is 0 Å². The van der Waals surface area contributed by atoms with Crippen molar-refractivity contribution in [1.29, 1.82) is 0 Å². The second kappa shape index (κ2) is 19.2. The van der Waals surface area contributed by atoms with Gasteiger partial charge in [-0.05, 0) is 12.8 Å². The number of ether oxygens (including phenoxy) is 2. The van der Waals surface area contributed by atoms with Crippen molar-refractivity contribution in [2.45, 2.75) is 50.0 Å². The van der Waals surface area contributed by atoms with Crippen LogP contribution in [0.4, 0.5) is 11.8 Å². The van der Waals surface area contributed by atoms with E-state index in [1.165, 1.54) is 18.0 Å². The molecule has 4 aromatic rings. The van der Waals surface area contributed by atoms with Gasteiger partial charge in [0.05, 0.1) is 44.4 Å². The fourth-order valence-corrected chi connectivity index (χ4v) is 9.26. The van der Waals surface area contributed by atoms with Crippen molar-refractivity contribution in [3.05, 3.63) is 34.8 Å². The molecule has 4 aromatic heterocycles. The van der Waals surface area contributed by atoms with E-state index >= 15 is 0 Å². The number of H-pyrrole nitrogens is 2. The van der Waals surface area contributed by atoms with E-state index in [1.54, 1.807) is 11.1 Å². The molecule has 2 aliphatic rings. The third-order valence-corrected chi connectivity index (χ3v) is 12.1. The van der Waals surface area contributed by atoms with Crippen molar-refractivity contribution in [3.8, 4) is 0 Å². The Kier molecular flexibility index (Phi) is 14.7. The number of hydrogen-bond acceptors (Lipinski definition) is 24. The summed E-state index contributed by atoms with van der Waals surface area (Å²) in [6.07, 6.45) is -3.18. The van der Waals surface area contributed by atoms with Crippen LogP contribution < -0.4 is 31.7 Å². The number of nitrogens with two attached hydrogens (primary N) is 2. The fourth-order valence-electron chi connectivity index (χ4n) is 6.53. The molecule has 0 aromatic carbocycles. The molecule has 27 nitrogen and oxygen atoms in total. The van der Waals surface area contributed by atoms with Gasteiger partial charge in [-0.3, -0.25) is 32.9 Å². The number of fused-ring (bicyclic) bond motifs is 2. The summed E-state index contributed by atoms with van der Waals surface area (Å²) in [6.45, 7) is -2.86. The highest BCUT2D eigenvalue weighted by atomic mass is 31.2. The van der Waals surface area contributed by atoms with E-state index < -0.39 is 85.4 Å². The second-order valence-corrected chi connectivity index (χ2v) is 17.4. The molecule has 8 N–H and O–H groups in total. The molecule has 2 fully saturated rings. The number of aromatic nitrogens is 7. The highest BCUT2D eigenvalue weighted by molar-refractivity contribution is 7.46. The molecule has 0 aliphatic carbocycles. The Morgan fingerprint density at radius 1 is 0.915 bits per heavy atom. The van der Waals surface area contributed by atoms with E-state index in [0.717, 1.165) is 6.33 Å². The van der Waals surface area contributed by atoms with Crippen molar-refractivity contribution in [1.82, 2.24) is 39.4 Å². The maximum atomic E-state index is 13.5. The van der Waals surface area contributed by atoms with E-state index in [2.05, 4.69) is 29.9 Å². The number of methoxy groups -OCH3 is 1. The molecular weight excluding hydrogens is 853 g/mol. The molecule has 0 radical (unpaired) electrons. The lowest BCUT2D eigenvalue weighted by Gasteiger charge is -2.32. The minimum absolute atomic E-state index is 0.0176. The summed E-state index contributed by atoms with van der Waals surface area (Å²) in [6, 6.07) is 0. The zero-order valence-electron chi connectivity index (χ0n) is 31.2. The number of imidazole rings is 1. The van der Waals surface area contributed by atoms with E-state index in [0.29, 0.717) is 16.6 Å². The van der Waals surface area contributed by atoms with Crippen LogP contribution in [-0.4, -0.2) is 134 Å². The summed E-state index contributed by atoms with van der Waals surface area (Å²) >= 11 is 0. The molecule has 0 amide bonds. The van der Waals surface area contributed by atoms with Crippen LogP contribution in [0.1, 0.15) is 24.6 Å². The molecule has 30 heteroatoms. The number of nitrogen functional groups attached to an aromatic ring is 2. The highest BCUT2D eigenvalue weighted by Crippen LogP contribution is 2.49. The zero-order chi connectivity index (χ0) is 42.5. The number of likely N-dealkylation sites (tertiary alicyclic amines) is 1. The van der Waals surface area contributed by atoms with E-state index in [4.69, 9.17) is 58.3 Å². The molecule has 6 rings (SSSR count). The van der Waals surface area contributed by atoms with Gasteiger partial charge in [-0.2, -0.15) is 4.98 Å². The number of nitrogens with zero attached hydrogens (tertiary/aromatic N) is 6. The molecular formula is C29H42N10O17P3-3. The zero-order valence-corrected chi connectivity index (χ0v) is 33.9.